The van der Waals surface area contributed by atoms with Crippen molar-refractivity contribution in [2.24, 2.45) is 0 Å². The molecule has 7 nitrogen and oxygen atoms in total. The first-order valence-electron chi connectivity index (χ1n) is 11.1. The number of hydrogen-bond acceptors (Lipinski definition) is 6. The van der Waals surface area contributed by atoms with Crippen molar-refractivity contribution in [3.05, 3.63) is 81.8 Å². The molecule has 2 amide bonds. The third-order valence-electron chi connectivity index (χ3n) is 4.72. The Hall–Kier alpha value is -3.49. The molecule has 2 aromatic carbocycles. The number of aromatic nitrogens is 1. The summed E-state index contributed by atoms with van der Waals surface area (Å²) in [5, 5.41) is 8.61. The molecule has 0 fully saturated rings. The number of ether oxygens (including phenoxy) is 2. The van der Waals surface area contributed by atoms with E-state index in [2.05, 4.69) is 15.6 Å². The van der Waals surface area contributed by atoms with Crippen LogP contribution in [0.5, 0.6) is 5.75 Å². The van der Waals surface area contributed by atoms with Gasteiger partial charge in [-0.1, -0.05) is 24.3 Å². The molecule has 3 aromatic rings. The fourth-order valence-corrected chi connectivity index (χ4v) is 3.68. The highest BCUT2D eigenvalue weighted by Gasteiger charge is 2.08. The Morgan fingerprint density at radius 1 is 1.15 bits per heavy atom. The molecule has 0 unspecified atom stereocenters. The van der Waals surface area contributed by atoms with Crippen molar-refractivity contribution in [2.75, 3.05) is 25.1 Å². The van der Waals surface area contributed by atoms with E-state index in [1.54, 1.807) is 41.7 Å². The lowest BCUT2D eigenvalue weighted by molar-refractivity contribution is -0.111. The Kier molecular flexibility index (Phi) is 9.81. The van der Waals surface area contributed by atoms with Gasteiger partial charge in [0.05, 0.1) is 10.7 Å². The van der Waals surface area contributed by atoms with Gasteiger partial charge in [-0.25, -0.2) is 4.98 Å². The molecule has 0 bridgehead atoms. The quantitative estimate of drug-likeness (QED) is 0.287. The first kappa shape index (κ1) is 25.1. The Bertz CT molecular complexity index is 1130. The van der Waals surface area contributed by atoms with Crippen LogP contribution < -0.4 is 15.4 Å². The normalized spacial score (nSPS) is 10.9. The second-order valence-corrected chi connectivity index (χ2v) is 8.46. The zero-order valence-electron chi connectivity index (χ0n) is 19.4. The standard InChI is InChI=1S/C26H29N3O4S/c1-3-32-15-7-14-27-26(31)21-9-6-10-22(16-21)29-25(30)13-12-20-8-4-5-11-24(20)33-17-23-18-34-19(2)28-23/h4-6,8-13,16,18H,3,7,14-15,17H2,1-2H3,(H,27,31)(H,29,30). The molecule has 8 heteroatoms. The molecule has 1 heterocycles. The summed E-state index contributed by atoms with van der Waals surface area (Å²) in [5.41, 5.74) is 2.68. The first-order valence-corrected chi connectivity index (χ1v) is 12.0. The highest BCUT2D eigenvalue weighted by molar-refractivity contribution is 7.09. The summed E-state index contributed by atoms with van der Waals surface area (Å²) in [6.45, 7) is 6.05. The number of hydrogen-bond donors (Lipinski definition) is 2. The zero-order chi connectivity index (χ0) is 24.2. The van der Waals surface area contributed by atoms with E-state index >= 15 is 0 Å². The molecule has 3 rings (SSSR count). The number of benzene rings is 2. The molecule has 0 radical (unpaired) electrons. The minimum Gasteiger partial charge on any atom is -0.487 e. The lowest BCUT2D eigenvalue weighted by atomic mass is 10.1. The smallest absolute Gasteiger partial charge is 0.251 e. The van der Waals surface area contributed by atoms with Crippen LogP contribution in [-0.2, 0) is 16.1 Å². The summed E-state index contributed by atoms with van der Waals surface area (Å²) in [7, 11) is 0. The van der Waals surface area contributed by atoms with E-state index in [0.717, 1.165) is 22.7 Å². The van der Waals surface area contributed by atoms with Gasteiger partial charge in [-0.2, -0.15) is 0 Å². The maximum absolute atomic E-state index is 12.5. The second-order valence-electron chi connectivity index (χ2n) is 7.39. The fourth-order valence-electron chi connectivity index (χ4n) is 3.09. The minimum atomic E-state index is -0.306. The summed E-state index contributed by atoms with van der Waals surface area (Å²) < 4.78 is 11.2. The van der Waals surface area contributed by atoms with E-state index in [-0.39, 0.29) is 11.8 Å². The summed E-state index contributed by atoms with van der Waals surface area (Å²) in [6, 6.07) is 14.3. The van der Waals surface area contributed by atoms with E-state index in [1.807, 2.05) is 43.5 Å². The molecule has 0 aliphatic carbocycles. The predicted molar refractivity (Wildman–Crippen MR) is 135 cm³/mol. The average molecular weight is 480 g/mol. The van der Waals surface area contributed by atoms with Crippen molar-refractivity contribution in [1.82, 2.24) is 10.3 Å². The van der Waals surface area contributed by atoms with Crippen molar-refractivity contribution in [1.29, 1.82) is 0 Å². The Morgan fingerprint density at radius 2 is 2.00 bits per heavy atom. The summed E-state index contributed by atoms with van der Waals surface area (Å²) in [6.07, 6.45) is 3.89. The minimum absolute atomic E-state index is 0.190. The Labute approximate surface area is 203 Å². The topological polar surface area (TPSA) is 89.6 Å². The molecular formula is C26H29N3O4S. The number of carbonyl (C=O) groups is 2. The number of amides is 2. The molecule has 34 heavy (non-hydrogen) atoms. The maximum atomic E-state index is 12.5. The van der Waals surface area contributed by atoms with Gasteiger partial charge in [-0.3, -0.25) is 9.59 Å². The highest BCUT2D eigenvalue weighted by atomic mass is 32.1. The Morgan fingerprint density at radius 3 is 2.79 bits per heavy atom. The summed E-state index contributed by atoms with van der Waals surface area (Å²) in [5.74, 6) is 0.170. The lowest BCUT2D eigenvalue weighted by Gasteiger charge is -2.08. The molecule has 178 valence electrons. The molecular weight excluding hydrogens is 450 g/mol. The molecule has 0 aliphatic rings. The van der Waals surface area contributed by atoms with Gasteiger partial charge in [0, 0.05) is 48.0 Å². The van der Waals surface area contributed by atoms with Crippen molar-refractivity contribution in [2.45, 2.75) is 26.9 Å². The monoisotopic (exact) mass is 479 g/mol. The van der Waals surface area contributed by atoms with Crippen LogP contribution in [0.25, 0.3) is 6.08 Å². The van der Waals surface area contributed by atoms with Crippen LogP contribution in [0, 0.1) is 6.92 Å². The number of para-hydroxylation sites is 1. The van der Waals surface area contributed by atoms with Gasteiger partial charge in [0.1, 0.15) is 12.4 Å². The summed E-state index contributed by atoms with van der Waals surface area (Å²) >= 11 is 1.58. The van der Waals surface area contributed by atoms with E-state index in [4.69, 9.17) is 9.47 Å². The first-order chi connectivity index (χ1) is 16.5. The zero-order valence-corrected chi connectivity index (χ0v) is 20.2. The Balaban J connectivity index is 1.55. The van der Waals surface area contributed by atoms with Gasteiger partial charge in [0.2, 0.25) is 5.91 Å². The molecule has 0 saturated carbocycles. The number of aryl methyl sites for hydroxylation is 1. The van der Waals surface area contributed by atoms with Crippen LogP contribution in [0.1, 0.15) is 40.0 Å². The van der Waals surface area contributed by atoms with Crippen LogP contribution in [0.15, 0.2) is 60.0 Å². The van der Waals surface area contributed by atoms with Crippen LogP contribution in [0.4, 0.5) is 5.69 Å². The van der Waals surface area contributed by atoms with E-state index < -0.39 is 0 Å². The second kappa shape index (κ2) is 13.3. The van der Waals surface area contributed by atoms with Crippen LogP contribution in [0.3, 0.4) is 0 Å². The SMILES string of the molecule is CCOCCCNC(=O)c1cccc(NC(=O)C=Cc2ccccc2OCc2csc(C)n2)c1. The third-order valence-corrected chi connectivity index (χ3v) is 5.55. The molecule has 0 spiro atoms. The van der Waals surface area contributed by atoms with Gasteiger partial charge in [-0.05, 0) is 50.6 Å². The van der Waals surface area contributed by atoms with Gasteiger partial charge in [-0.15, -0.1) is 11.3 Å². The molecule has 0 saturated heterocycles. The van der Waals surface area contributed by atoms with Crippen molar-refractivity contribution in [3.63, 3.8) is 0 Å². The number of thiazole rings is 1. The predicted octanol–water partition coefficient (Wildman–Crippen LogP) is 4.84. The van der Waals surface area contributed by atoms with E-state index in [9.17, 15) is 9.59 Å². The van der Waals surface area contributed by atoms with Crippen molar-refractivity contribution >= 4 is 34.9 Å². The van der Waals surface area contributed by atoms with Gasteiger partial charge >= 0.3 is 0 Å². The van der Waals surface area contributed by atoms with Crippen LogP contribution in [-0.4, -0.2) is 36.6 Å². The van der Waals surface area contributed by atoms with E-state index in [1.165, 1.54) is 6.08 Å². The average Bonchev–Trinajstić information content (AvgIpc) is 3.27. The van der Waals surface area contributed by atoms with Crippen molar-refractivity contribution < 1.29 is 19.1 Å². The number of nitrogens with zero attached hydrogens (tertiary/aromatic N) is 1. The van der Waals surface area contributed by atoms with Gasteiger partial charge in [0.15, 0.2) is 0 Å². The number of carbonyl (C=O) groups excluding carboxylic acids is 2. The van der Waals surface area contributed by atoms with Crippen LogP contribution >= 0.6 is 11.3 Å². The molecule has 0 aliphatic heterocycles. The molecule has 1 aromatic heterocycles. The fraction of sp³-hybridized carbons (Fsp3) is 0.269. The number of rotatable bonds is 12. The maximum Gasteiger partial charge on any atom is 0.251 e. The highest BCUT2D eigenvalue weighted by Crippen LogP contribution is 2.21. The third kappa shape index (κ3) is 8.13. The van der Waals surface area contributed by atoms with Crippen LogP contribution in [0.2, 0.25) is 0 Å². The van der Waals surface area contributed by atoms with Gasteiger partial charge in [0.25, 0.3) is 5.91 Å². The van der Waals surface area contributed by atoms with E-state index in [0.29, 0.717) is 43.4 Å². The lowest BCUT2D eigenvalue weighted by Crippen LogP contribution is -2.25. The largest absolute Gasteiger partial charge is 0.487 e. The van der Waals surface area contributed by atoms with Gasteiger partial charge < -0.3 is 20.1 Å². The molecule has 0 atom stereocenters. The number of nitrogens with one attached hydrogen (secondary N) is 2. The number of anilines is 1. The molecule has 2 N–H and O–H groups in total. The van der Waals surface area contributed by atoms with Crippen molar-refractivity contribution in [3.8, 4) is 5.75 Å². The summed E-state index contributed by atoms with van der Waals surface area (Å²) in [4.78, 5) is 29.2.